The molecular formula is C17H35NO. The van der Waals surface area contributed by atoms with Gasteiger partial charge in [-0.25, -0.2) is 0 Å². The molecule has 1 saturated heterocycles. The van der Waals surface area contributed by atoms with Crippen LogP contribution in [0.15, 0.2) is 0 Å². The third-order valence-electron chi connectivity index (χ3n) is 4.45. The van der Waals surface area contributed by atoms with Crippen molar-refractivity contribution in [2.24, 2.45) is 5.92 Å². The maximum absolute atomic E-state index is 6.02. The zero-order valence-electron chi connectivity index (χ0n) is 13.4. The van der Waals surface area contributed by atoms with Gasteiger partial charge in [0.2, 0.25) is 0 Å². The van der Waals surface area contributed by atoms with E-state index >= 15 is 0 Å². The van der Waals surface area contributed by atoms with Crippen molar-refractivity contribution in [1.29, 1.82) is 0 Å². The molecule has 2 heteroatoms. The minimum absolute atomic E-state index is 0.468. The van der Waals surface area contributed by atoms with Crippen LogP contribution in [0.3, 0.4) is 0 Å². The number of rotatable bonds is 10. The first-order chi connectivity index (χ1) is 9.31. The van der Waals surface area contributed by atoms with E-state index in [1.807, 2.05) is 0 Å². The highest BCUT2D eigenvalue weighted by Crippen LogP contribution is 2.24. The second-order valence-corrected chi connectivity index (χ2v) is 6.12. The summed E-state index contributed by atoms with van der Waals surface area (Å²) >= 11 is 0. The van der Waals surface area contributed by atoms with Crippen molar-refractivity contribution in [2.75, 3.05) is 13.2 Å². The number of hydrogen-bond donors (Lipinski definition) is 1. The van der Waals surface area contributed by atoms with Crippen LogP contribution in [0, 0.1) is 5.92 Å². The molecular weight excluding hydrogens is 234 g/mol. The first kappa shape index (κ1) is 17.0. The summed E-state index contributed by atoms with van der Waals surface area (Å²) in [5.41, 5.74) is 0. The Balaban J connectivity index is 2.45. The van der Waals surface area contributed by atoms with E-state index in [1.54, 1.807) is 0 Å². The highest BCUT2D eigenvalue weighted by molar-refractivity contribution is 4.81. The van der Waals surface area contributed by atoms with E-state index in [0.29, 0.717) is 12.1 Å². The maximum atomic E-state index is 6.02. The van der Waals surface area contributed by atoms with E-state index < -0.39 is 0 Å². The van der Waals surface area contributed by atoms with Crippen molar-refractivity contribution in [1.82, 2.24) is 5.32 Å². The Morgan fingerprint density at radius 2 is 2.00 bits per heavy atom. The summed E-state index contributed by atoms with van der Waals surface area (Å²) in [6.07, 6.45) is 12.3. The Labute approximate surface area is 120 Å². The molecule has 0 saturated carbocycles. The monoisotopic (exact) mass is 269 g/mol. The van der Waals surface area contributed by atoms with E-state index in [4.69, 9.17) is 4.74 Å². The van der Waals surface area contributed by atoms with Gasteiger partial charge in [-0.05, 0) is 44.6 Å². The van der Waals surface area contributed by atoms with Crippen LogP contribution in [-0.2, 0) is 4.74 Å². The summed E-state index contributed by atoms with van der Waals surface area (Å²) < 4.78 is 6.02. The van der Waals surface area contributed by atoms with Crippen LogP contribution in [0.5, 0.6) is 0 Å². The number of ether oxygens (including phenoxy) is 1. The van der Waals surface area contributed by atoms with Crippen LogP contribution in [-0.4, -0.2) is 25.3 Å². The highest BCUT2D eigenvalue weighted by Gasteiger charge is 2.26. The van der Waals surface area contributed by atoms with E-state index in [-0.39, 0.29) is 0 Å². The summed E-state index contributed by atoms with van der Waals surface area (Å²) in [7, 11) is 0. The Bertz CT molecular complexity index is 201. The topological polar surface area (TPSA) is 21.3 Å². The third-order valence-corrected chi connectivity index (χ3v) is 4.45. The van der Waals surface area contributed by atoms with Gasteiger partial charge in [-0.2, -0.15) is 0 Å². The van der Waals surface area contributed by atoms with E-state index in [0.717, 1.165) is 19.1 Å². The quantitative estimate of drug-likeness (QED) is 0.629. The zero-order chi connectivity index (χ0) is 13.9. The Kier molecular flexibility index (Phi) is 9.54. The summed E-state index contributed by atoms with van der Waals surface area (Å²) in [6, 6.07) is 0.585. The summed E-state index contributed by atoms with van der Waals surface area (Å²) in [5.74, 6) is 0.875. The molecule has 114 valence electrons. The van der Waals surface area contributed by atoms with Crippen molar-refractivity contribution in [3.63, 3.8) is 0 Å². The standard InChI is InChI=1S/C17H35NO/c1-4-7-10-15(6-3)14-16(18-12-5-2)17-11-8-9-13-19-17/h15-18H,4-14H2,1-3H3. The van der Waals surface area contributed by atoms with Gasteiger partial charge in [0.1, 0.15) is 0 Å². The number of hydrogen-bond acceptors (Lipinski definition) is 2. The second kappa shape index (κ2) is 10.7. The zero-order valence-corrected chi connectivity index (χ0v) is 13.4. The first-order valence-corrected chi connectivity index (χ1v) is 8.66. The molecule has 1 fully saturated rings. The summed E-state index contributed by atoms with van der Waals surface area (Å²) in [6.45, 7) is 9.00. The van der Waals surface area contributed by atoms with Crippen LogP contribution < -0.4 is 5.32 Å². The molecule has 0 aromatic rings. The molecule has 1 heterocycles. The fourth-order valence-corrected chi connectivity index (χ4v) is 3.12. The van der Waals surface area contributed by atoms with Crippen molar-refractivity contribution in [3.8, 4) is 0 Å². The van der Waals surface area contributed by atoms with Gasteiger partial charge in [-0.3, -0.25) is 0 Å². The minimum atomic E-state index is 0.468. The molecule has 0 aromatic heterocycles. The lowest BCUT2D eigenvalue weighted by atomic mass is 9.88. The van der Waals surface area contributed by atoms with Crippen molar-refractivity contribution in [2.45, 2.75) is 90.7 Å². The largest absolute Gasteiger partial charge is 0.377 e. The lowest BCUT2D eigenvalue weighted by Gasteiger charge is -2.33. The predicted molar refractivity (Wildman–Crippen MR) is 83.6 cm³/mol. The van der Waals surface area contributed by atoms with Crippen LogP contribution >= 0.6 is 0 Å². The van der Waals surface area contributed by atoms with Gasteiger partial charge in [-0.1, -0.05) is 46.5 Å². The van der Waals surface area contributed by atoms with E-state index in [9.17, 15) is 0 Å². The Hall–Kier alpha value is -0.0800. The molecule has 0 bridgehead atoms. The Morgan fingerprint density at radius 3 is 2.58 bits per heavy atom. The summed E-state index contributed by atoms with van der Waals surface area (Å²) in [4.78, 5) is 0. The Morgan fingerprint density at radius 1 is 1.16 bits per heavy atom. The molecule has 3 unspecified atom stereocenters. The lowest BCUT2D eigenvalue weighted by molar-refractivity contribution is -0.0130. The van der Waals surface area contributed by atoms with Crippen LogP contribution in [0.1, 0.15) is 78.6 Å². The molecule has 0 aromatic carbocycles. The van der Waals surface area contributed by atoms with Crippen molar-refractivity contribution >= 4 is 0 Å². The molecule has 1 aliphatic heterocycles. The molecule has 3 atom stereocenters. The first-order valence-electron chi connectivity index (χ1n) is 8.66. The van der Waals surface area contributed by atoms with Crippen LogP contribution in [0.25, 0.3) is 0 Å². The minimum Gasteiger partial charge on any atom is -0.377 e. The number of unbranched alkanes of at least 4 members (excludes halogenated alkanes) is 1. The molecule has 19 heavy (non-hydrogen) atoms. The normalized spacial score (nSPS) is 23.2. The molecule has 0 aliphatic carbocycles. The van der Waals surface area contributed by atoms with Crippen LogP contribution in [0.2, 0.25) is 0 Å². The second-order valence-electron chi connectivity index (χ2n) is 6.12. The van der Waals surface area contributed by atoms with Gasteiger partial charge in [0, 0.05) is 12.6 Å². The lowest BCUT2D eigenvalue weighted by Crippen LogP contribution is -2.44. The fraction of sp³-hybridized carbons (Fsp3) is 1.00. The maximum Gasteiger partial charge on any atom is 0.0728 e. The average molecular weight is 269 g/mol. The SMILES string of the molecule is CCCCC(CC)CC(NCCC)C1CCCCO1. The summed E-state index contributed by atoms with van der Waals surface area (Å²) in [5, 5.41) is 3.76. The molecule has 0 radical (unpaired) electrons. The molecule has 1 N–H and O–H groups in total. The molecule has 1 aliphatic rings. The number of nitrogens with one attached hydrogen (secondary N) is 1. The highest BCUT2D eigenvalue weighted by atomic mass is 16.5. The average Bonchev–Trinajstić information content (AvgIpc) is 2.47. The smallest absolute Gasteiger partial charge is 0.0728 e. The van der Waals surface area contributed by atoms with Crippen molar-refractivity contribution in [3.05, 3.63) is 0 Å². The van der Waals surface area contributed by atoms with E-state index in [2.05, 4.69) is 26.1 Å². The molecule has 1 rings (SSSR count). The van der Waals surface area contributed by atoms with Gasteiger partial charge >= 0.3 is 0 Å². The van der Waals surface area contributed by atoms with Gasteiger partial charge in [0.05, 0.1) is 6.10 Å². The van der Waals surface area contributed by atoms with Gasteiger partial charge in [0.25, 0.3) is 0 Å². The molecule has 2 nitrogen and oxygen atoms in total. The van der Waals surface area contributed by atoms with Crippen molar-refractivity contribution < 1.29 is 4.74 Å². The predicted octanol–water partition coefficient (Wildman–Crippen LogP) is 4.53. The fourth-order valence-electron chi connectivity index (χ4n) is 3.12. The van der Waals surface area contributed by atoms with Gasteiger partial charge in [-0.15, -0.1) is 0 Å². The van der Waals surface area contributed by atoms with Crippen LogP contribution in [0.4, 0.5) is 0 Å². The van der Waals surface area contributed by atoms with Gasteiger partial charge in [0.15, 0.2) is 0 Å². The third kappa shape index (κ3) is 6.76. The molecule has 0 amide bonds. The molecule has 0 spiro atoms. The van der Waals surface area contributed by atoms with E-state index in [1.165, 1.54) is 57.8 Å². The van der Waals surface area contributed by atoms with Gasteiger partial charge < -0.3 is 10.1 Å².